The van der Waals surface area contributed by atoms with E-state index in [9.17, 15) is 10.1 Å². The third kappa shape index (κ3) is 8.26. The second-order valence-electron chi connectivity index (χ2n) is 7.43. The Hall–Kier alpha value is -1.48. The van der Waals surface area contributed by atoms with Crippen LogP contribution in [0.3, 0.4) is 0 Å². The Balaban J connectivity index is 2.00. The van der Waals surface area contributed by atoms with Gasteiger partial charge in [-0.1, -0.05) is 20.8 Å². The summed E-state index contributed by atoms with van der Waals surface area (Å²) in [6.07, 6.45) is 0. The second kappa shape index (κ2) is 10.6. The van der Waals surface area contributed by atoms with E-state index in [1.54, 1.807) is 12.1 Å². The van der Waals surface area contributed by atoms with Crippen LogP contribution in [0.1, 0.15) is 20.8 Å². The maximum atomic E-state index is 10.6. The van der Waals surface area contributed by atoms with Crippen LogP contribution in [0, 0.1) is 10.1 Å². The molecule has 0 spiro atoms. The molecule has 0 aliphatic heterocycles. The van der Waals surface area contributed by atoms with Gasteiger partial charge in [0.25, 0.3) is 5.69 Å². The van der Waals surface area contributed by atoms with E-state index in [1.807, 2.05) is 0 Å². The number of nitro benzene ring substituents is 1. The van der Waals surface area contributed by atoms with E-state index in [0.29, 0.717) is 45.4 Å². The van der Waals surface area contributed by atoms with Gasteiger partial charge in [0.05, 0.1) is 38.0 Å². The SMILES string of the molecule is CC(C)(C)[Si](C)(C)OCCOCCOCCOc1ccc([N+](=O)[O-])cc1. The summed E-state index contributed by atoms with van der Waals surface area (Å²) in [6.45, 7) is 14.1. The molecule has 0 N–H and O–H groups in total. The molecule has 148 valence electrons. The van der Waals surface area contributed by atoms with E-state index in [1.165, 1.54) is 12.1 Å². The molecule has 0 unspecified atom stereocenters. The standard InChI is InChI=1S/C18H31NO6Si/c1-18(2,3)26(4,5)25-15-13-23-11-10-22-12-14-24-17-8-6-16(7-9-17)19(20)21/h6-9H,10-15H2,1-5H3. The number of hydrogen-bond donors (Lipinski definition) is 0. The van der Waals surface area contributed by atoms with Gasteiger partial charge in [0.2, 0.25) is 0 Å². The van der Waals surface area contributed by atoms with Gasteiger partial charge in [-0.25, -0.2) is 0 Å². The molecule has 1 aromatic rings. The highest BCUT2D eigenvalue weighted by atomic mass is 28.4. The lowest BCUT2D eigenvalue weighted by Crippen LogP contribution is -2.41. The quantitative estimate of drug-likeness (QED) is 0.234. The molecule has 1 aromatic carbocycles. The van der Waals surface area contributed by atoms with Gasteiger partial charge in [0, 0.05) is 12.1 Å². The molecule has 0 amide bonds. The highest BCUT2D eigenvalue weighted by Gasteiger charge is 2.36. The minimum atomic E-state index is -1.70. The summed E-state index contributed by atoms with van der Waals surface area (Å²) in [5.74, 6) is 0.582. The first-order valence-electron chi connectivity index (χ1n) is 8.80. The largest absolute Gasteiger partial charge is 0.491 e. The number of rotatable bonds is 12. The van der Waals surface area contributed by atoms with Gasteiger partial charge in [0.1, 0.15) is 12.4 Å². The Bertz CT molecular complexity index is 542. The minimum Gasteiger partial charge on any atom is -0.491 e. The molecule has 0 fully saturated rings. The van der Waals surface area contributed by atoms with E-state index < -0.39 is 13.2 Å². The molecule has 0 radical (unpaired) electrons. The topological polar surface area (TPSA) is 80.1 Å². The molecular formula is C18H31NO6Si. The van der Waals surface area contributed by atoms with Crippen molar-refractivity contribution in [3.05, 3.63) is 34.4 Å². The molecule has 1 rings (SSSR count). The number of nitrogens with zero attached hydrogens (tertiary/aromatic N) is 1. The van der Waals surface area contributed by atoms with E-state index in [2.05, 4.69) is 33.9 Å². The fourth-order valence-electron chi connectivity index (χ4n) is 1.78. The molecule has 0 bridgehead atoms. The molecule has 0 aliphatic rings. The van der Waals surface area contributed by atoms with Crippen molar-refractivity contribution < 1.29 is 23.6 Å². The van der Waals surface area contributed by atoms with Crippen LogP contribution in [0.15, 0.2) is 24.3 Å². The normalized spacial score (nSPS) is 12.2. The fourth-order valence-corrected chi connectivity index (χ4v) is 2.80. The molecule has 0 saturated carbocycles. The molecule has 0 aliphatic carbocycles. The summed E-state index contributed by atoms with van der Waals surface area (Å²) in [6, 6.07) is 5.97. The number of non-ortho nitro benzene ring substituents is 1. The zero-order valence-corrected chi connectivity index (χ0v) is 17.4. The van der Waals surface area contributed by atoms with Crippen molar-refractivity contribution >= 4 is 14.0 Å². The third-order valence-corrected chi connectivity index (χ3v) is 8.95. The number of ether oxygens (including phenoxy) is 3. The van der Waals surface area contributed by atoms with Crippen molar-refractivity contribution in [2.24, 2.45) is 0 Å². The molecule has 0 heterocycles. The van der Waals surface area contributed by atoms with Gasteiger partial charge in [-0.05, 0) is 30.3 Å². The third-order valence-electron chi connectivity index (χ3n) is 4.41. The average molecular weight is 386 g/mol. The maximum absolute atomic E-state index is 10.6. The van der Waals surface area contributed by atoms with E-state index in [4.69, 9.17) is 18.6 Å². The molecule has 0 atom stereocenters. The Morgan fingerprint density at radius 1 is 0.923 bits per heavy atom. The molecule has 8 heteroatoms. The van der Waals surface area contributed by atoms with Crippen LogP contribution in [-0.2, 0) is 13.9 Å². The summed E-state index contributed by atoms with van der Waals surface area (Å²) >= 11 is 0. The number of benzene rings is 1. The summed E-state index contributed by atoms with van der Waals surface area (Å²) in [7, 11) is -1.70. The average Bonchev–Trinajstić information content (AvgIpc) is 2.55. The summed E-state index contributed by atoms with van der Waals surface area (Å²) in [4.78, 5) is 10.1. The lowest BCUT2D eigenvalue weighted by Gasteiger charge is -2.36. The number of hydrogen-bond acceptors (Lipinski definition) is 6. The van der Waals surface area contributed by atoms with Crippen LogP contribution < -0.4 is 4.74 Å². The Morgan fingerprint density at radius 2 is 1.42 bits per heavy atom. The van der Waals surface area contributed by atoms with Crippen molar-refractivity contribution in [3.63, 3.8) is 0 Å². The molecule has 0 aromatic heterocycles. The zero-order chi connectivity index (χ0) is 19.6. The number of nitro groups is 1. The van der Waals surface area contributed by atoms with Crippen molar-refractivity contribution in [1.82, 2.24) is 0 Å². The summed E-state index contributed by atoms with van der Waals surface area (Å²) in [5.41, 5.74) is 0.0447. The lowest BCUT2D eigenvalue weighted by molar-refractivity contribution is -0.384. The molecule has 7 nitrogen and oxygen atoms in total. The van der Waals surface area contributed by atoms with Crippen LogP contribution >= 0.6 is 0 Å². The predicted octanol–water partition coefficient (Wildman–Crippen LogP) is 4.03. The fraction of sp³-hybridized carbons (Fsp3) is 0.667. The van der Waals surface area contributed by atoms with Crippen molar-refractivity contribution in [3.8, 4) is 5.75 Å². The van der Waals surface area contributed by atoms with E-state index in [0.717, 1.165) is 0 Å². The molecular weight excluding hydrogens is 354 g/mol. The highest BCUT2D eigenvalue weighted by molar-refractivity contribution is 6.74. The summed E-state index contributed by atoms with van der Waals surface area (Å²) < 4.78 is 22.4. The maximum Gasteiger partial charge on any atom is 0.269 e. The Morgan fingerprint density at radius 3 is 1.92 bits per heavy atom. The predicted molar refractivity (Wildman–Crippen MR) is 103 cm³/mol. The van der Waals surface area contributed by atoms with Crippen LogP contribution in [0.5, 0.6) is 5.75 Å². The zero-order valence-electron chi connectivity index (χ0n) is 16.4. The first kappa shape index (κ1) is 22.6. The smallest absolute Gasteiger partial charge is 0.269 e. The first-order chi connectivity index (χ1) is 12.1. The second-order valence-corrected chi connectivity index (χ2v) is 12.2. The van der Waals surface area contributed by atoms with Crippen LogP contribution in [0.25, 0.3) is 0 Å². The van der Waals surface area contributed by atoms with Gasteiger partial charge >= 0.3 is 0 Å². The van der Waals surface area contributed by atoms with Gasteiger partial charge < -0.3 is 18.6 Å². The van der Waals surface area contributed by atoms with Gasteiger partial charge in [-0.3, -0.25) is 10.1 Å². The minimum absolute atomic E-state index is 0.0447. The Kier molecular flexibility index (Phi) is 9.21. The Labute approximate surface area is 156 Å². The van der Waals surface area contributed by atoms with Gasteiger partial charge in [0.15, 0.2) is 8.32 Å². The molecule has 0 saturated heterocycles. The van der Waals surface area contributed by atoms with Gasteiger partial charge in [-0.15, -0.1) is 0 Å². The van der Waals surface area contributed by atoms with E-state index >= 15 is 0 Å². The monoisotopic (exact) mass is 385 g/mol. The van der Waals surface area contributed by atoms with Crippen LogP contribution in [0.2, 0.25) is 18.1 Å². The van der Waals surface area contributed by atoms with E-state index in [-0.39, 0.29) is 10.7 Å². The highest BCUT2D eigenvalue weighted by Crippen LogP contribution is 2.36. The van der Waals surface area contributed by atoms with Crippen molar-refractivity contribution in [2.45, 2.75) is 38.9 Å². The lowest BCUT2D eigenvalue weighted by atomic mass is 10.2. The van der Waals surface area contributed by atoms with Crippen LogP contribution in [0.4, 0.5) is 5.69 Å². The first-order valence-corrected chi connectivity index (χ1v) is 11.7. The molecule has 26 heavy (non-hydrogen) atoms. The van der Waals surface area contributed by atoms with Crippen molar-refractivity contribution in [2.75, 3.05) is 39.6 Å². The summed E-state index contributed by atoms with van der Waals surface area (Å²) in [5, 5.41) is 10.8. The van der Waals surface area contributed by atoms with Gasteiger partial charge in [-0.2, -0.15) is 0 Å². The van der Waals surface area contributed by atoms with Crippen molar-refractivity contribution in [1.29, 1.82) is 0 Å². The van der Waals surface area contributed by atoms with Crippen LogP contribution in [-0.4, -0.2) is 52.9 Å².